The number of hydrogen-bond acceptors (Lipinski definition) is 6. The fraction of sp³-hybridized carbons (Fsp3) is 0.552. The van der Waals surface area contributed by atoms with Gasteiger partial charge in [-0.2, -0.15) is 5.10 Å². The fourth-order valence-corrected chi connectivity index (χ4v) is 6.90. The van der Waals surface area contributed by atoms with Gasteiger partial charge < -0.3 is 20.1 Å². The first-order chi connectivity index (χ1) is 18.5. The number of anilines is 2. The van der Waals surface area contributed by atoms with Crippen LogP contribution in [-0.2, 0) is 21.5 Å². The zero-order valence-corrected chi connectivity index (χ0v) is 22.9. The molecule has 7 rings (SSSR count). The number of rotatable bonds is 6. The molecule has 0 unspecified atom stereocenters. The van der Waals surface area contributed by atoms with Gasteiger partial charge in [-0.05, 0) is 82.9 Å². The molecule has 1 aromatic heterocycles. The number of nitrogens with one attached hydrogen (secondary N) is 1. The highest BCUT2D eigenvalue weighted by Gasteiger charge is 2.63. The highest BCUT2D eigenvalue weighted by atomic mass is 16.5. The Balaban J connectivity index is 1.17. The summed E-state index contributed by atoms with van der Waals surface area (Å²) in [5, 5.41) is 18.0. The number of hydrogen-bond donors (Lipinski definition) is 2. The summed E-state index contributed by atoms with van der Waals surface area (Å²) in [6.45, 7) is 6.13. The molecule has 39 heavy (non-hydrogen) atoms. The van der Waals surface area contributed by atoms with Gasteiger partial charge in [-0.1, -0.05) is 6.07 Å². The predicted octanol–water partition coefficient (Wildman–Crippen LogP) is 4.49. The van der Waals surface area contributed by atoms with Crippen LogP contribution in [0.15, 0.2) is 30.1 Å². The Morgan fingerprint density at radius 3 is 2.59 bits per heavy atom. The first kappa shape index (κ1) is 25.5. The molecule has 4 saturated carbocycles. The number of aromatic nitrogens is 2. The minimum Gasteiger partial charge on any atom is -0.465 e. The van der Waals surface area contributed by atoms with Gasteiger partial charge >= 0.3 is 6.09 Å². The molecule has 4 aliphatic carbocycles. The van der Waals surface area contributed by atoms with Crippen molar-refractivity contribution in [3.8, 4) is 5.75 Å². The van der Waals surface area contributed by atoms with Crippen LogP contribution in [0.1, 0.15) is 76.5 Å². The number of carbonyl (C=O) groups is 2. The summed E-state index contributed by atoms with van der Waals surface area (Å²) in [7, 11) is 1.72. The molecule has 0 saturated heterocycles. The van der Waals surface area contributed by atoms with Crippen LogP contribution in [-0.4, -0.2) is 56.4 Å². The van der Waals surface area contributed by atoms with E-state index in [1.54, 1.807) is 28.9 Å². The van der Waals surface area contributed by atoms with Crippen molar-refractivity contribution in [2.75, 3.05) is 17.3 Å². The molecule has 1 aromatic carbocycles. The van der Waals surface area contributed by atoms with E-state index >= 15 is 0 Å². The van der Waals surface area contributed by atoms with E-state index in [1.807, 2.05) is 43.7 Å². The zero-order valence-electron chi connectivity index (χ0n) is 22.9. The van der Waals surface area contributed by atoms with Gasteiger partial charge in [0.2, 0.25) is 5.91 Å². The number of carboxylic acid groups (broad SMARTS) is 1. The van der Waals surface area contributed by atoms with Gasteiger partial charge in [-0.15, -0.1) is 0 Å². The molecule has 2 amide bonds. The minimum absolute atomic E-state index is 0.0167. The number of fused-ring (bicyclic) bond motifs is 1. The van der Waals surface area contributed by atoms with Crippen LogP contribution in [0, 0.1) is 5.92 Å². The van der Waals surface area contributed by atoms with E-state index in [0.29, 0.717) is 17.3 Å². The lowest BCUT2D eigenvalue weighted by Gasteiger charge is -2.66. The molecule has 2 bridgehead atoms. The normalized spacial score (nSPS) is 26.7. The van der Waals surface area contributed by atoms with Crippen LogP contribution in [0.3, 0.4) is 0 Å². The number of amides is 2. The highest BCUT2D eigenvalue weighted by molar-refractivity contribution is 5.92. The SMILES string of the molecule is CN1C(=C=O)Oc2ccc(CC(=O)Nc3cc([C@H]4CC[C@@H](N(C(=O)O)C56CC(C5)C6)C4)nn3C(C)(C)C)cc21. The third-order valence-corrected chi connectivity index (χ3v) is 8.89. The molecule has 0 spiro atoms. The highest BCUT2D eigenvalue weighted by Crippen LogP contribution is 2.62. The molecule has 206 valence electrons. The standard InChI is InChI=1S/C29H35N5O5/c1-28(2,3)34-24(30-25(36)10-17-5-8-23-22(9-17)32(4)26(16-35)39-23)12-21(31-34)19-6-7-20(11-19)33(27(37)38)29-13-18(14-29)15-29/h5,8-9,12,18-20H,6-7,10-11,13-15H2,1-4H3,(H,30,36)(H,37,38)/t18?,19-,20+,29?/m0/s1. The van der Waals surface area contributed by atoms with Gasteiger partial charge in [0, 0.05) is 30.6 Å². The molecule has 0 radical (unpaired) electrons. The number of nitrogens with zero attached hydrogens (tertiary/aromatic N) is 4. The smallest absolute Gasteiger partial charge is 0.408 e. The maximum Gasteiger partial charge on any atom is 0.408 e. The van der Waals surface area contributed by atoms with Gasteiger partial charge in [0.25, 0.3) is 5.88 Å². The van der Waals surface area contributed by atoms with Crippen molar-refractivity contribution >= 4 is 29.4 Å². The van der Waals surface area contributed by atoms with Gasteiger partial charge in [0.05, 0.1) is 23.3 Å². The molecular weight excluding hydrogens is 498 g/mol. The molecule has 1 aliphatic heterocycles. The van der Waals surface area contributed by atoms with E-state index in [4.69, 9.17) is 9.84 Å². The third kappa shape index (κ3) is 4.27. The summed E-state index contributed by atoms with van der Waals surface area (Å²) in [6, 6.07) is 7.37. The molecule has 10 heteroatoms. The van der Waals surface area contributed by atoms with Crippen molar-refractivity contribution in [2.45, 2.75) is 88.8 Å². The van der Waals surface area contributed by atoms with Crippen LogP contribution >= 0.6 is 0 Å². The summed E-state index contributed by atoms with van der Waals surface area (Å²) in [5.74, 6) is 3.75. The average Bonchev–Trinajstić information content (AvgIpc) is 3.52. The molecular formula is C29H35N5O5. The molecule has 2 heterocycles. The lowest BCUT2D eigenvalue weighted by molar-refractivity contribution is -0.142. The van der Waals surface area contributed by atoms with Crippen LogP contribution in [0.5, 0.6) is 5.75 Å². The van der Waals surface area contributed by atoms with Crippen molar-refractivity contribution in [2.24, 2.45) is 5.92 Å². The Morgan fingerprint density at radius 1 is 1.23 bits per heavy atom. The molecule has 2 atom stereocenters. The Bertz CT molecular complexity index is 1380. The van der Waals surface area contributed by atoms with E-state index in [1.165, 1.54) is 0 Å². The Kier molecular flexibility index (Phi) is 5.80. The lowest BCUT2D eigenvalue weighted by Crippen LogP contribution is -2.71. The Hall–Kier alpha value is -3.78. The monoisotopic (exact) mass is 533 g/mol. The number of carbonyl (C=O) groups excluding carboxylic acids is 2. The summed E-state index contributed by atoms with van der Waals surface area (Å²) in [5.41, 5.74) is 1.92. The van der Waals surface area contributed by atoms with Crippen molar-refractivity contribution in [3.63, 3.8) is 0 Å². The molecule has 2 aromatic rings. The molecule has 4 fully saturated rings. The van der Waals surface area contributed by atoms with Crippen LogP contribution in [0.25, 0.3) is 0 Å². The summed E-state index contributed by atoms with van der Waals surface area (Å²) in [6.07, 6.45) is 4.86. The fourth-order valence-electron chi connectivity index (χ4n) is 6.90. The third-order valence-electron chi connectivity index (χ3n) is 8.89. The quantitative estimate of drug-likeness (QED) is 0.526. The second kappa shape index (κ2) is 8.88. The molecule has 5 aliphatic rings. The Morgan fingerprint density at radius 2 is 1.97 bits per heavy atom. The zero-order chi connectivity index (χ0) is 27.7. The summed E-state index contributed by atoms with van der Waals surface area (Å²) < 4.78 is 7.32. The topological polar surface area (TPSA) is 117 Å². The van der Waals surface area contributed by atoms with Crippen molar-refractivity contribution in [3.05, 3.63) is 41.4 Å². The van der Waals surface area contributed by atoms with Crippen LogP contribution < -0.4 is 15.0 Å². The number of ether oxygens (including phenoxy) is 1. The molecule has 2 N–H and O–H groups in total. The Labute approximate surface area is 227 Å². The van der Waals surface area contributed by atoms with Crippen LogP contribution in [0.2, 0.25) is 0 Å². The maximum absolute atomic E-state index is 13.1. The largest absolute Gasteiger partial charge is 0.465 e. The van der Waals surface area contributed by atoms with E-state index < -0.39 is 6.09 Å². The van der Waals surface area contributed by atoms with E-state index in [-0.39, 0.29) is 41.2 Å². The van der Waals surface area contributed by atoms with E-state index in [0.717, 1.165) is 55.7 Å². The second-order valence-electron chi connectivity index (χ2n) is 12.7. The van der Waals surface area contributed by atoms with Gasteiger partial charge in [0.1, 0.15) is 5.82 Å². The van der Waals surface area contributed by atoms with Gasteiger partial charge in [0.15, 0.2) is 11.7 Å². The van der Waals surface area contributed by atoms with Gasteiger partial charge in [-0.25, -0.2) is 14.3 Å². The minimum atomic E-state index is -0.797. The first-order valence-corrected chi connectivity index (χ1v) is 13.7. The van der Waals surface area contributed by atoms with Crippen LogP contribution in [0.4, 0.5) is 16.3 Å². The second-order valence-corrected chi connectivity index (χ2v) is 12.7. The van der Waals surface area contributed by atoms with Gasteiger partial charge in [-0.3, -0.25) is 9.69 Å². The maximum atomic E-state index is 13.1. The predicted molar refractivity (Wildman–Crippen MR) is 145 cm³/mol. The number of benzene rings is 1. The van der Waals surface area contributed by atoms with E-state index in [2.05, 4.69) is 5.32 Å². The summed E-state index contributed by atoms with van der Waals surface area (Å²) >= 11 is 0. The lowest BCUT2D eigenvalue weighted by atomic mass is 9.49. The summed E-state index contributed by atoms with van der Waals surface area (Å²) in [4.78, 5) is 39.8. The van der Waals surface area contributed by atoms with Crippen molar-refractivity contribution < 1.29 is 24.2 Å². The van der Waals surface area contributed by atoms with Crippen molar-refractivity contribution in [1.29, 1.82) is 0 Å². The van der Waals surface area contributed by atoms with E-state index in [9.17, 15) is 19.5 Å². The first-order valence-electron chi connectivity index (χ1n) is 13.7. The molecule has 10 nitrogen and oxygen atoms in total. The van der Waals surface area contributed by atoms with Crippen molar-refractivity contribution in [1.82, 2.24) is 14.7 Å². The average molecular weight is 534 g/mol.